The second-order valence-electron chi connectivity index (χ2n) is 13.9. The van der Waals surface area contributed by atoms with E-state index < -0.39 is 0 Å². The molecule has 52 heavy (non-hydrogen) atoms. The molecule has 0 aliphatic carbocycles. The molecule has 11 aromatic rings. The van der Waals surface area contributed by atoms with Crippen molar-refractivity contribution in [3.63, 3.8) is 0 Å². The van der Waals surface area contributed by atoms with Gasteiger partial charge in [-0.05, 0) is 102 Å². The van der Waals surface area contributed by atoms with Crippen LogP contribution in [-0.4, -0.2) is 13.7 Å². The lowest BCUT2D eigenvalue weighted by molar-refractivity contribution is 1.12. The average Bonchev–Trinajstić information content (AvgIpc) is 3.83. The molecular formula is C49H33N3. The number of hydrogen-bond acceptors (Lipinski definition) is 0. The molecule has 0 atom stereocenters. The van der Waals surface area contributed by atoms with E-state index in [0.717, 1.165) is 11.4 Å². The second-order valence-corrected chi connectivity index (χ2v) is 13.9. The molecule has 11 rings (SSSR count). The first-order chi connectivity index (χ1) is 25.7. The van der Waals surface area contributed by atoms with Crippen LogP contribution in [-0.2, 0) is 0 Å². The molecule has 0 saturated carbocycles. The highest BCUT2D eigenvalue weighted by Gasteiger charge is 2.18. The zero-order valence-corrected chi connectivity index (χ0v) is 28.7. The minimum atomic E-state index is 1.16. The van der Waals surface area contributed by atoms with Gasteiger partial charge in [-0.1, -0.05) is 103 Å². The summed E-state index contributed by atoms with van der Waals surface area (Å²) in [6.45, 7) is 2.21. The van der Waals surface area contributed by atoms with Gasteiger partial charge in [0, 0.05) is 49.4 Å². The lowest BCUT2D eigenvalue weighted by Gasteiger charge is -2.14. The first-order valence-corrected chi connectivity index (χ1v) is 17.9. The average molecular weight is 664 g/mol. The van der Waals surface area contributed by atoms with Gasteiger partial charge in [-0.3, -0.25) is 0 Å². The maximum absolute atomic E-state index is 2.44. The molecule has 0 amide bonds. The number of benzene rings is 8. The van der Waals surface area contributed by atoms with Crippen molar-refractivity contribution in [1.82, 2.24) is 13.7 Å². The molecule has 244 valence electrons. The van der Waals surface area contributed by atoms with Crippen molar-refractivity contribution < 1.29 is 0 Å². The van der Waals surface area contributed by atoms with Crippen LogP contribution in [0.4, 0.5) is 0 Å². The number of nitrogens with zero attached hydrogens (tertiary/aromatic N) is 3. The van der Waals surface area contributed by atoms with Gasteiger partial charge in [0.15, 0.2) is 0 Å². The molecule has 8 aromatic carbocycles. The highest BCUT2D eigenvalue weighted by Crippen LogP contribution is 2.39. The minimum absolute atomic E-state index is 1.16. The monoisotopic (exact) mass is 663 g/mol. The second kappa shape index (κ2) is 11.1. The Bertz CT molecular complexity index is 3140. The van der Waals surface area contributed by atoms with Gasteiger partial charge in [0.1, 0.15) is 0 Å². The Hall–Kier alpha value is -6.84. The van der Waals surface area contributed by atoms with Crippen LogP contribution in [0.3, 0.4) is 0 Å². The number of fused-ring (bicyclic) bond motifs is 9. The van der Waals surface area contributed by atoms with Gasteiger partial charge in [-0.2, -0.15) is 0 Å². The van der Waals surface area contributed by atoms with Crippen LogP contribution in [0.25, 0.3) is 93.6 Å². The topological polar surface area (TPSA) is 14.8 Å². The van der Waals surface area contributed by atoms with E-state index in [0.29, 0.717) is 0 Å². The van der Waals surface area contributed by atoms with E-state index >= 15 is 0 Å². The van der Waals surface area contributed by atoms with E-state index in [1.165, 1.54) is 87.8 Å². The van der Waals surface area contributed by atoms with Crippen molar-refractivity contribution in [3.8, 4) is 28.2 Å². The first-order valence-electron chi connectivity index (χ1n) is 17.9. The molecule has 0 unspecified atom stereocenters. The summed E-state index contributed by atoms with van der Waals surface area (Å²) in [5.74, 6) is 0. The third kappa shape index (κ3) is 4.20. The minimum Gasteiger partial charge on any atom is -0.309 e. The molecule has 0 N–H and O–H groups in total. The van der Waals surface area contributed by atoms with Crippen LogP contribution in [0.1, 0.15) is 5.56 Å². The van der Waals surface area contributed by atoms with Crippen LogP contribution in [0.15, 0.2) is 182 Å². The Kier molecular flexibility index (Phi) is 6.17. The van der Waals surface area contributed by atoms with Crippen molar-refractivity contribution in [2.75, 3.05) is 0 Å². The van der Waals surface area contributed by atoms with E-state index in [2.05, 4.69) is 203 Å². The van der Waals surface area contributed by atoms with Crippen LogP contribution in [0.5, 0.6) is 0 Å². The van der Waals surface area contributed by atoms with E-state index in [9.17, 15) is 0 Å². The zero-order valence-electron chi connectivity index (χ0n) is 28.7. The molecule has 0 spiro atoms. The van der Waals surface area contributed by atoms with E-state index in [-0.39, 0.29) is 0 Å². The number of para-hydroxylation sites is 5. The molecule has 3 nitrogen and oxygen atoms in total. The fourth-order valence-electron chi connectivity index (χ4n) is 8.64. The van der Waals surface area contributed by atoms with Gasteiger partial charge in [-0.15, -0.1) is 0 Å². The summed E-state index contributed by atoms with van der Waals surface area (Å²) in [5, 5.41) is 7.57. The van der Waals surface area contributed by atoms with E-state index in [1.807, 2.05) is 0 Å². The Labute approximate surface area is 300 Å². The normalized spacial score (nSPS) is 11.9. The summed E-state index contributed by atoms with van der Waals surface area (Å²) in [5.41, 5.74) is 14.4. The summed E-state index contributed by atoms with van der Waals surface area (Å²) in [4.78, 5) is 0. The van der Waals surface area contributed by atoms with Crippen LogP contribution in [0, 0.1) is 6.92 Å². The predicted octanol–water partition coefficient (Wildman–Crippen LogP) is 13.0. The summed E-state index contributed by atoms with van der Waals surface area (Å²) >= 11 is 0. The molecule has 0 bridgehead atoms. The van der Waals surface area contributed by atoms with Crippen LogP contribution in [0.2, 0.25) is 0 Å². The van der Waals surface area contributed by atoms with E-state index in [1.54, 1.807) is 0 Å². The summed E-state index contributed by atoms with van der Waals surface area (Å²) in [7, 11) is 0. The van der Waals surface area contributed by atoms with Crippen molar-refractivity contribution in [3.05, 3.63) is 188 Å². The molecule has 3 heterocycles. The largest absolute Gasteiger partial charge is 0.309 e. The molecule has 3 heteroatoms. The maximum Gasteiger partial charge on any atom is 0.0541 e. The third-order valence-corrected chi connectivity index (χ3v) is 10.8. The predicted molar refractivity (Wildman–Crippen MR) is 220 cm³/mol. The summed E-state index contributed by atoms with van der Waals surface area (Å²) in [6.07, 6.45) is 0. The molecule has 0 radical (unpaired) electrons. The molecule has 0 fully saturated rings. The summed E-state index contributed by atoms with van der Waals surface area (Å²) < 4.78 is 7.23. The number of hydrogen-bond donors (Lipinski definition) is 0. The van der Waals surface area contributed by atoms with Crippen LogP contribution < -0.4 is 0 Å². The third-order valence-electron chi connectivity index (χ3n) is 10.8. The standard InChI is InChI=1S/C49H33N3/c1-32-27-36(51-44-19-9-5-15-38(44)39-16-6-10-20-45(39)51)31-37(28-32)52-47-22-12-8-18-41(47)43-30-34(24-26-49(43)52)33-23-25-48-42(29-33)40-17-7-11-21-46(40)50(48)35-13-3-2-4-14-35/h2-31H,1H3. The Morgan fingerprint density at radius 3 is 1.06 bits per heavy atom. The smallest absolute Gasteiger partial charge is 0.0541 e. The van der Waals surface area contributed by atoms with Gasteiger partial charge in [0.05, 0.1) is 33.1 Å². The lowest BCUT2D eigenvalue weighted by Crippen LogP contribution is -2.00. The quantitative estimate of drug-likeness (QED) is 0.178. The van der Waals surface area contributed by atoms with Gasteiger partial charge in [0.25, 0.3) is 0 Å². The molecular weight excluding hydrogens is 631 g/mol. The highest BCUT2D eigenvalue weighted by molar-refractivity contribution is 6.13. The number of aryl methyl sites for hydroxylation is 1. The van der Waals surface area contributed by atoms with Gasteiger partial charge in [0.2, 0.25) is 0 Å². The van der Waals surface area contributed by atoms with Gasteiger partial charge in [-0.25, -0.2) is 0 Å². The summed E-state index contributed by atoms with van der Waals surface area (Å²) in [6, 6.07) is 66.6. The Morgan fingerprint density at radius 2 is 0.615 bits per heavy atom. The van der Waals surface area contributed by atoms with Crippen molar-refractivity contribution in [2.24, 2.45) is 0 Å². The van der Waals surface area contributed by atoms with Crippen LogP contribution >= 0.6 is 0 Å². The van der Waals surface area contributed by atoms with Gasteiger partial charge >= 0.3 is 0 Å². The molecule has 0 aliphatic rings. The first kappa shape index (κ1) is 28.9. The van der Waals surface area contributed by atoms with Crippen molar-refractivity contribution in [1.29, 1.82) is 0 Å². The fraction of sp³-hybridized carbons (Fsp3) is 0.0204. The maximum atomic E-state index is 2.44. The SMILES string of the molecule is Cc1cc(-n2c3ccccc3c3ccccc32)cc(-n2c3ccccc3c3cc(-c4ccc5c(c4)c4ccccc4n5-c4ccccc4)ccc32)c1. The van der Waals surface area contributed by atoms with Gasteiger partial charge < -0.3 is 13.7 Å². The fourth-order valence-corrected chi connectivity index (χ4v) is 8.64. The Balaban J connectivity index is 1.10. The lowest BCUT2D eigenvalue weighted by atomic mass is 10.0. The van der Waals surface area contributed by atoms with Crippen molar-refractivity contribution >= 4 is 65.4 Å². The molecule has 3 aromatic heterocycles. The molecule has 0 saturated heterocycles. The number of aromatic nitrogens is 3. The van der Waals surface area contributed by atoms with E-state index in [4.69, 9.17) is 0 Å². The number of rotatable bonds is 4. The molecule has 0 aliphatic heterocycles. The highest BCUT2D eigenvalue weighted by atomic mass is 15.0. The zero-order chi connectivity index (χ0) is 34.3. The van der Waals surface area contributed by atoms with Crippen molar-refractivity contribution in [2.45, 2.75) is 6.92 Å². The Morgan fingerprint density at radius 1 is 0.269 bits per heavy atom.